The molecule has 0 saturated carbocycles. The Morgan fingerprint density at radius 3 is 1.83 bits per heavy atom. The van der Waals surface area contributed by atoms with Crippen LogP contribution in [0.25, 0.3) is 0 Å². The molecule has 4 atom stereocenters. The van der Waals surface area contributed by atoms with Gasteiger partial charge in [-0.3, -0.25) is 4.79 Å². The molecule has 0 aromatic rings. The van der Waals surface area contributed by atoms with Gasteiger partial charge in [0.2, 0.25) is 0 Å². The maximum Gasteiger partial charge on any atom is 0.306 e. The van der Waals surface area contributed by atoms with Crippen LogP contribution in [0.3, 0.4) is 0 Å². The summed E-state index contributed by atoms with van der Waals surface area (Å²) in [6, 6.07) is 0. The van der Waals surface area contributed by atoms with Gasteiger partial charge < -0.3 is 24.8 Å². The van der Waals surface area contributed by atoms with E-state index in [1.54, 1.807) is 0 Å². The summed E-state index contributed by atoms with van der Waals surface area (Å²) in [5.74, 6) is -0.380. The summed E-state index contributed by atoms with van der Waals surface area (Å²) in [4.78, 5) is 12.0. The van der Waals surface area contributed by atoms with Gasteiger partial charge in [-0.15, -0.1) is 0 Å². The zero-order valence-corrected chi connectivity index (χ0v) is 19.1. The van der Waals surface area contributed by atoms with Crippen molar-refractivity contribution in [2.75, 3.05) is 13.2 Å². The molecule has 1 rings (SSSR count). The van der Waals surface area contributed by atoms with Gasteiger partial charge in [0.05, 0.1) is 13.2 Å². The number of aliphatic hydroxyl groups is 3. The second kappa shape index (κ2) is 17.9. The number of hydrogen-bond acceptors (Lipinski definition) is 6. The Morgan fingerprint density at radius 2 is 1.37 bits per heavy atom. The monoisotopic (exact) mass is 430 g/mol. The van der Waals surface area contributed by atoms with Crippen LogP contribution in [-0.2, 0) is 14.3 Å². The van der Waals surface area contributed by atoms with Gasteiger partial charge in [0.1, 0.15) is 18.3 Å². The number of unbranched alkanes of at least 4 members (excludes halogenated alkanes) is 14. The maximum atomic E-state index is 12.0. The van der Waals surface area contributed by atoms with Gasteiger partial charge in [0.25, 0.3) is 0 Å². The first-order chi connectivity index (χ1) is 14.6. The molecule has 0 unspecified atom stereocenters. The highest BCUT2D eigenvalue weighted by Gasteiger charge is 2.42. The molecule has 1 fully saturated rings. The number of rotatable bonds is 19. The molecule has 1 saturated heterocycles. The van der Waals surface area contributed by atoms with Crippen LogP contribution >= 0.6 is 0 Å². The van der Waals surface area contributed by atoms with Gasteiger partial charge in [-0.05, 0) is 6.42 Å². The maximum absolute atomic E-state index is 12.0. The van der Waals surface area contributed by atoms with Crippen LogP contribution < -0.4 is 0 Å². The second-order valence-electron chi connectivity index (χ2n) is 8.77. The second-order valence-corrected chi connectivity index (χ2v) is 8.77. The van der Waals surface area contributed by atoms with Gasteiger partial charge in [0.15, 0.2) is 6.10 Å². The van der Waals surface area contributed by atoms with Crippen LogP contribution in [0.2, 0.25) is 0 Å². The Balaban J connectivity index is 1.91. The lowest BCUT2D eigenvalue weighted by atomic mass is 10.0. The zero-order chi connectivity index (χ0) is 22.0. The SMILES string of the molecule is CCCCCCCCCCCCCCCCCC(=O)O[C@H]1[C@@H]([C@H](O)CO)OC[C@H]1O. The standard InChI is InChI=1S/C24H46O6/c1-2-3-4-5-6-7-8-9-10-11-12-13-14-15-16-17-22(28)30-24-21(27)19-29-23(24)20(26)18-25/h20-21,23-27H,2-19H2,1H3/t20-,21-,23-,24-/m1/s1. The molecule has 30 heavy (non-hydrogen) atoms. The number of carbonyl (C=O) groups excluding carboxylic acids is 1. The molecule has 0 bridgehead atoms. The van der Waals surface area contributed by atoms with E-state index in [2.05, 4.69) is 6.92 Å². The molecule has 1 aliphatic rings. The predicted molar refractivity (Wildman–Crippen MR) is 118 cm³/mol. The molecule has 0 aliphatic carbocycles. The van der Waals surface area contributed by atoms with E-state index in [1.807, 2.05) is 0 Å². The third-order valence-electron chi connectivity index (χ3n) is 5.98. The highest BCUT2D eigenvalue weighted by molar-refractivity contribution is 5.69. The number of carbonyl (C=O) groups is 1. The minimum Gasteiger partial charge on any atom is -0.457 e. The van der Waals surface area contributed by atoms with Gasteiger partial charge in [-0.2, -0.15) is 0 Å². The molecule has 1 heterocycles. The number of aliphatic hydroxyl groups excluding tert-OH is 3. The Bertz CT molecular complexity index is 417. The summed E-state index contributed by atoms with van der Waals surface area (Å²) >= 11 is 0. The molecular weight excluding hydrogens is 384 g/mol. The number of ether oxygens (including phenoxy) is 2. The molecule has 6 heteroatoms. The van der Waals surface area contributed by atoms with E-state index in [4.69, 9.17) is 14.6 Å². The molecule has 1 aliphatic heterocycles. The average Bonchev–Trinajstić information content (AvgIpc) is 3.10. The Morgan fingerprint density at radius 1 is 0.900 bits per heavy atom. The number of hydrogen-bond donors (Lipinski definition) is 3. The Labute approximate surface area is 183 Å². The van der Waals surface area contributed by atoms with Gasteiger partial charge in [0, 0.05) is 6.42 Å². The van der Waals surface area contributed by atoms with E-state index in [-0.39, 0.29) is 12.6 Å². The summed E-state index contributed by atoms with van der Waals surface area (Å²) in [7, 11) is 0. The fraction of sp³-hybridized carbons (Fsp3) is 0.958. The minimum atomic E-state index is -1.16. The van der Waals surface area contributed by atoms with Crippen LogP contribution in [0, 0.1) is 0 Å². The van der Waals surface area contributed by atoms with Crippen molar-refractivity contribution in [3.63, 3.8) is 0 Å². The van der Waals surface area contributed by atoms with E-state index in [0.717, 1.165) is 19.3 Å². The van der Waals surface area contributed by atoms with E-state index >= 15 is 0 Å². The summed E-state index contributed by atoms with van der Waals surface area (Å²) in [6.45, 7) is 1.76. The molecular formula is C24H46O6. The van der Waals surface area contributed by atoms with Crippen molar-refractivity contribution in [2.45, 2.75) is 134 Å². The molecule has 0 spiro atoms. The van der Waals surface area contributed by atoms with E-state index in [9.17, 15) is 15.0 Å². The van der Waals surface area contributed by atoms with Crippen molar-refractivity contribution in [1.82, 2.24) is 0 Å². The fourth-order valence-corrected chi connectivity index (χ4v) is 4.05. The molecule has 0 amide bonds. The minimum absolute atomic E-state index is 0.00136. The first-order valence-corrected chi connectivity index (χ1v) is 12.4. The Kier molecular flexibility index (Phi) is 16.3. The predicted octanol–water partition coefficient (Wildman–Crippen LogP) is 4.27. The summed E-state index contributed by atoms with van der Waals surface area (Å²) in [5.41, 5.74) is 0. The largest absolute Gasteiger partial charge is 0.457 e. The summed E-state index contributed by atoms with van der Waals surface area (Å²) in [6.07, 6.45) is 15.5. The third kappa shape index (κ3) is 12.2. The molecule has 0 aromatic heterocycles. The van der Waals surface area contributed by atoms with Crippen LogP contribution in [0.1, 0.15) is 110 Å². The lowest BCUT2D eigenvalue weighted by Crippen LogP contribution is -2.43. The lowest BCUT2D eigenvalue weighted by Gasteiger charge is -2.23. The first-order valence-electron chi connectivity index (χ1n) is 12.4. The van der Waals surface area contributed by atoms with Crippen LogP contribution in [-0.4, -0.2) is 58.9 Å². The summed E-state index contributed by atoms with van der Waals surface area (Å²) < 4.78 is 10.5. The molecule has 0 aromatic carbocycles. The van der Waals surface area contributed by atoms with Gasteiger partial charge >= 0.3 is 5.97 Å². The van der Waals surface area contributed by atoms with Crippen molar-refractivity contribution in [2.24, 2.45) is 0 Å². The van der Waals surface area contributed by atoms with E-state index < -0.39 is 31.0 Å². The highest BCUT2D eigenvalue weighted by atomic mass is 16.6. The van der Waals surface area contributed by atoms with Crippen molar-refractivity contribution in [1.29, 1.82) is 0 Å². The van der Waals surface area contributed by atoms with Gasteiger partial charge in [-0.1, -0.05) is 96.8 Å². The van der Waals surface area contributed by atoms with E-state index in [0.29, 0.717) is 6.42 Å². The fourth-order valence-electron chi connectivity index (χ4n) is 4.05. The van der Waals surface area contributed by atoms with Crippen LogP contribution in [0.15, 0.2) is 0 Å². The summed E-state index contributed by atoms with van der Waals surface area (Å²) in [5, 5.41) is 28.6. The van der Waals surface area contributed by atoms with Crippen LogP contribution in [0.5, 0.6) is 0 Å². The molecule has 6 nitrogen and oxygen atoms in total. The molecule has 178 valence electrons. The quantitative estimate of drug-likeness (QED) is 0.209. The van der Waals surface area contributed by atoms with Gasteiger partial charge in [-0.25, -0.2) is 0 Å². The van der Waals surface area contributed by atoms with Crippen molar-refractivity contribution >= 4 is 5.97 Å². The highest BCUT2D eigenvalue weighted by Crippen LogP contribution is 2.22. The van der Waals surface area contributed by atoms with E-state index in [1.165, 1.54) is 77.0 Å². The Hall–Kier alpha value is -0.690. The molecule has 3 N–H and O–H groups in total. The smallest absolute Gasteiger partial charge is 0.306 e. The zero-order valence-electron chi connectivity index (χ0n) is 19.1. The number of esters is 1. The lowest BCUT2D eigenvalue weighted by molar-refractivity contribution is -0.160. The third-order valence-corrected chi connectivity index (χ3v) is 5.98. The van der Waals surface area contributed by atoms with Crippen molar-refractivity contribution in [3.8, 4) is 0 Å². The average molecular weight is 431 g/mol. The van der Waals surface area contributed by atoms with Crippen LogP contribution in [0.4, 0.5) is 0 Å². The first kappa shape index (κ1) is 27.3. The molecule has 0 radical (unpaired) electrons. The topological polar surface area (TPSA) is 96.2 Å². The van der Waals surface area contributed by atoms with Crippen molar-refractivity contribution < 1.29 is 29.6 Å². The normalized spacial score (nSPS) is 22.3. The van der Waals surface area contributed by atoms with Crippen molar-refractivity contribution in [3.05, 3.63) is 0 Å².